The van der Waals surface area contributed by atoms with Gasteiger partial charge in [0.1, 0.15) is 5.75 Å². The summed E-state index contributed by atoms with van der Waals surface area (Å²) < 4.78 is 5.20. The van der Waals surface area contributed by atoms with E-state index in [1.807, 2.05) is 72.8 Å². The number of hydrogen-bond donors (Lipinski definition) is 0. The van der Waals surface area contributed by atoms with Crippen LogP contribution < -0.4 is 4.74 Å². The number of benzene rings is 4. The number of fused-ring (bicyclic) bond motifs is 1. The average molecular weight is 405 g/mol. The lowest BCUT2D eigenvalue weighted by molar-refractivity contribution is 0.0972. The van der Waals surface area contributed by atoms with Crippen molar-refractivity contribution in [1.29, 1.82) is 5.26 Å². The SMILES string of the molecule is COc1ccc(C(=O)C[C@H](c2ccccc2)[C@H](C#N)c2cccc3ccccc23)cc1. The number of ether oxygens (including phenoxy) is 1. The Labute approximate surface area is 182 Å². The molecule has 0 aromatic heterocycles. The summed E-state index contributed by atoms with van der Waals surface area (Å²) in [6, 6.07) is 33.6. The highest BCUT2D eigenvalue weighted by Gasteiger charge is 2.28. The number of nitriles is 1. The van der Waals surface area contributed by atoms with Crippen molar-refractivity contribution in [3.8, 4) is 11.8 Å². The zero-order chi connectivity index (χ0) is 21.6. The normalized spacial score (nSPS) is 12.6. The van der Waals surface area contributed by atoms with Crippen LogP contribution in [0.3, 0.4) is 0 Å². The zero-order valence-corrected chi connectivity index (χ0v) is 17.4. The Bertz CT molecular complexity index is 1220. The monoisotopic (exact) mass is 405 g/mol. The lowest BCUT2D eigenvalue weighted by Crippen LogP contribution is -2.15. The topological polar surface area (TPSA) is 50.1 Å². The van der Waals surface area contributed by atoms with Crippen molar-refractivity contribution in [3.05, 3.63) is 114 Å². The molecule has 152 valence electrons. The maximum Gasteiger partial charge on any atom is 0.163 e. The standard InChI is InChI=1S/C28H23NO2/c1-31-23-16-14-22(15-17-23)28(30)18-26(21-8-3-2-4-9-21)27(19-29)25-13-7-11-20-10-5-6-12-24(20)25/h2-17,26-27H,18H2,1H3/t26-,27-/m1/s1. The van der Waals surface area contributed by atoms with Crippen molar-refractivity contribution in [2.75, 3.05) is 7.11 Å². The van der Waals surface area contributed by atoms with Crippen molar-refractivity contribution in [2.45, 2.75) is 18.3 Å². The summed E-state index contributed by atoms with van der Waals surface area (Å²) in [5.41, 5.74) is 2.57. The van der Waals surface area contributed by atoms with Crippen molar-refractivity contribution in [3.63, 3.8) is 0 Å². The second-order valence-corrected chi connectivity index (χ2v) is 7.55. The molecule has 2 atom stereocenters. The molecular weight excluding hydrogens is 382 g/mol. The van der Waals surface area contributed by atoms with Crippen LogP contribution in [0.25, 0.3) is 10.8 Å². The summed E-state index contributed by atoms with van der Waals surface area (Å²) >= 11 is 0. The van der Waals surface area contributed by atoms with Crippen molar-refractivity contribution < 1.29 is 9.53 Å². The summed E-state index contributed by atoms with van der Waals surface area (Å²) in [7, 11) is 1.60. The first-order valence-corrected chi connectivity index (χ1v) is 10.3. The molecule has 3 heteroatoms. The van der Waals surface area contributed by atoms with Crippen molar-refractivity contribution >= 4 is 16.6 Å². The highest BCUT2D eigenvalue weighted by Crippen LogP contribution is 2.39. The highest BCUT2D eigenvalue weighted by molar-refractivity contribution is 5.97. The molecule has 0 aliphatic rings. The van der Waals surface area contributed by atoms with E-state index >= 15 is 0 Å². The summed E-state index contributed by atoms with van der Waals surface area (Å²) in [4.78, 5) is 13.2. The molecule has 0 heterocycles. The molecule has 0 amide bonds. The number of carbonyl (C=O) groups is 1. The number of methoxy groups -OCH3 is 1. The first kappa shape index (κ1) is 20.4. The average Bonchev–Trinajstić information content (AvgIpc) is 2.84. The van der Waals surface area contributed by atoms with Crippen LogP contribution in [0.4, 0.5) is 0 Å². The van der Waals surface area contributed by atoms with Crippen LogP contribution in [0.5, 0.6) is 5.75 Å². The lowest BCUT2D eigenvalue weighted by Gasteiger charge is -2.24. The fourth-order valence-electron chi connectivity index (χ4n) is 4.12. The van der Waals surface area contributed by atoms with Gasteiger partial charge in [-0.15, -0.1) is 0 Å². The molecule has 4 aromatic carbocycles. The third kappa shape index (κ3) is 4.34. The van der Waals surface area contributed by atoms with Crippen molar-refractivity contribution in [1.82, 2.24) is 0 Å². The second kappa shape index (κ2) is 9.28. The van der Waals surface area contributed by atoms with E-state index in [9.17, 15) is 10.1 Å². The Morgan fingerprint density at radius 3 is 2.26 bits per heavy atom. The summed E-state index contributed by atoms with van der Waals surface area (Å²) in [6.07, 6.45) is 0.248. The molecule has 0 bridgehead atoms. The van der Waals surface area contributed by atoms with Crippen LogP contribution >= 0.6 is 0 Å². The van der Waals surface area contributed by atoms with Gasteiger partial charge in [-0.3, -0.25) is 4.79 Å². The minimum atomic E-state index is -0.448. The van der Waals surface area contributed by atoms with Crippen molar-refractivity contribution in [2.24, 2.45) is 0 Å². The molecule has 4 rings (SSSR count). The smallest absolute Gasteiger partial charge is 0.163 e. The molecule has 31 heavy (non-hydrogen) atoms. The van der Waals surface area contributed by atoms with E-state index in [2.05, 4.69) is 6.07 Å². The van der Waals surface area contributed by atoms with E-state index in [4.69, 9.17) is 4.74 Å². The molecule has 0 unspecified atom stereocenters. The van der Waals surface area contributed by atoms with Gasteiger partial charge in [0.15, 0.2) is 5.78 Å². The van der Waals surface area contributed by atoms with Gasteiger partial charge >= 0.3 is 0 Å². The van der Waals surface area contributed by atoms with E-state index in [-0.39, 0.29) is 18.1 Å². The van der Waals surface area contributed by atoms with E-state index in [0.717, 1.165) is 21.9 Å². The molecule has 0 radical (unpaired) electrons. The molecule has 3 nitrogen and oxygen atoms in total. The van der Waals surface area contributed by atoms with Gasteiger partial charge in [0, 0.05) is 17.9 Å². The molecule has 0 fully saturated rings. The van der Waals surface area contributed by atoms with Crippen LogP contribution in [0.2, 0.25) is 0 Å². The Hall–Kier alpha value is -3.90. The molecule has 0 aliphatic carbocycles. The van der Waals surface area contributed by atoms with Gasteiger partial charge < -0.3 is 4.74 Å². The minimum absolute atomic E-state index is 0.0111. The quantitative estimate of drug-likeness (QED) is 0.329. The third-order valence-corrected chi connectivity index (χ3v) is 5.74. The van der Waals surface area contributed by atoms with Gasteiger partial charge in [0.25, 0.3) is 0 Å². The third-order valence-electron chi connectivity index (χ3n) is 5.74. The first-order chi connectivity index (χ1) is 15.2. The minimum Gasteiger partial charge on any atom is -0.497 e. The summed E-state index contributed by atoms with van der Waals surface area (Å²) in [5, 5.41) is 12.4. The van der Waals surface area contributed by atoms with Gasteiger partial charge in [-0.25, -0.2) is 0 Å². The number of ketones is 1. The molecule has 0 N–H and O–H groups in total. The second-order valence-electron chi connectivity index (χ2n) is 7.55. The molecule has 0 saturated heterocycles. The summed E-state index contributed by atoms with van der Waals surface area (Å²) in [5.74, 6) is 0.0149. The predicted molar refractivity (Wildman–Crippen MR) is 123 cm³/mol. The van der Waals surface area contributed by atoms with Crippen LogP contribution in [-0.2, 0) is 0 Å². The Morgan fingerprint density at radius 2 is 1.55 bits per heavy atom. The summed E-state index contributed by atoms with van der Waals surface area (Å²) in [6.45, 7) is 0. The van der Waals surface area contributed by atoms with Crippen LogP contribution in [-0.4, -0.2) is 12.9 Å². The Morgan fingerprint density at radius 1 is 0.871 bits per heavy atom. The number of Topliss-reactive ketones (excluding diaryl/α,β-unsaturated/α-hetero) is 1. The van der Waals surface area contributed by atoms with E-state index in [1.54, 1.807) is 31.4 Å². The van der Waals surface area contributed by atoms with Gasteiger partial charge in [0.2, 0.25) is 0 Å². The van der Waals surface area contributed by atoms with Crippen LogP contribution in [0.1, 0.15) is 39.7 Å². The maximum atomic E-state index is 13.2. The number of carbonyl (C=O) groups excluding carboxylic acids is 1. The van der Waals surface area contributed by atoms with Crippen LogP contribution in [0, 0.1) is 11.3 Å². The van der Waals surface area contributed by atoms with Gasteiger partial charge in [0.05, 0.1) is 19.1 Å². The van der Waals surface area contributed by atoms with Crippen LogP contribution in [0.15, 0.2) is 97.1 Å². The number of nitrogens with zero attached hydrogens (tertiary/aromatic N) is 1. The van der Waals surface area contributed by atoms with Gasteiger partial charge in [-0.1, -0.05) is 72.8 Å². The molecular formula is C28H23NO2. The van der Waals surface area contributed by atoms with E-state index < -0.39 is 5.92 Å². The number of rotatable bonds is 7. The Kier molecular flexibility index (Phi) is 6.10. The molecule has 0 saturated carbocycles. The van der Waals surface area contributed by atoms with Gasteiger partial charge in [-0.2, -0.15) is 5.26 Å². The zero-order valence-electron chi connectivity index (χ0n) is 17.4. The predicted octanol–water partition coefficient (Wildman–Crippen LogP) is 6.51. The number of hydrogen-bond acceptors (Lipinski definition) is 3. The lowest BCUT2D eigenvalue weighted by atomic mass is 9.77. The first-order valence-electron chi connectivity index (χ1n) is 10.3. The van der Waals surface area contributed by atoms with Gasteiger partial charge in [-0.05, 0) is 46.2 Å². The molecule has 0 spiro atoms. The molecule has 0 aliphatic heterocycles. The largest absolute Gasteiger partial charge is 0.497 e. The highest BCUT2D eigenvalue weighted by atomic mass is 16.5. The Balaban J connectivity index is 1.75. The van der Waals surface area contributed by atoms with E-state index in [1.165, 1.54) is 0 Å². The maximum absolute atomic E-state index is 13.2. The fraction of sp³-hybridized carbons (Fsp3) is 0.143. The fourth-order valence-corrected chi connectivity index (χ4v) is 4.12. The molecule has 4 aromatic rings. The van der Waals surface area contributed by atoms with E-state index in [0.29, 0.717) is 11.3 Å².